The van der Waals surface area contributed by atoms with Crippen LogP contribution in [0.1, 0.15) is 40.5 Å². The van der Waals surface area contributed by atoms with Crippen LogP contribution in [0.15, 0.2) is 12.2 Å². The number of likely N-dealkylation sites (tertiary alicyclic amines) is 1. The van der Waals surface area contributed by atoms with Crippen LogP contribution in [0.4, 0.5) is 4.79 Å². The zero-order valence-electron chi connectivity index (χ0n) is 11.9. The molecule has 0 bridgehead atoms. The molecule has 114 valence electrons. The number of carbonyl (C=O) groups excluding carboxylic acids is 3. The van der Waals surface area contributed by atoms with Crippen LogP contribution >= 0.6 is 0 Å². The van der Waals surface area contributed by atoms with E-state index in [0.717, 1.165) is 25.7 Å². The average Bonchev–Trinajstić information content (AvgIpc) is 2.38. The smallest absolute Gasteiger partial charge is 0.333 e. The molecule has 0 aromatic carbocycles. The van der Waals surface area contributed by atoms with E-state index in [0.29, 0.717) is 18.5 Å². The number of nitrogens with zero attached hydrogens (tertiary/aromatic N) is 1. The number of hydrogen-bond donors (Lipinski definition) is 1. The molecule has 0 saturated carbocycles. The van der Waals surface area contributed by atoms with Gasteiger partial charge in [-0.1, -0.05) is 19.4 Å². The summed E-state index contributed by atoms with van der Waals surface area (Å²) >= 11 is 0. The molecule has 0 aromatic rings. The van der Waals surface area contributed by atoms with Crippen LogP contribution in [0.3, 0.4) is 0 Å². The molecule has 1 aliphatic heterocycles. The van der Waals surface area contributed by atoms with Crippen molar-refractivity contribution < 1.29 is 20.5 Å². The van der Waals surface area contributed by atoms with Gasteiger partial charge >= 0.3 is 12.0 Å². The monoisotopic (exact) mass is 284 g/mol. The van der Waals surface area contributed by atoms with E-state index < -0.39 is 12.0 Å². The van der Waals surface area contributed by atoms with E-state index >= 15 is 0 Å². The predicted molar refractivity (Wildman–Crippen MR) is 76.1 cm³/mol. The summed E-state index contributed by atoms with van der Waals surface area (Å²) < 4.78 is 4.86. The van der Waals surface area contributed by atoms with Gasteiger partial charge in [0.05, 0.1) is 6.54 Å². The number of carbonyl (C=O) groups is 3. The minimum atomic E-state index is -0.485. The first kappa shape index (κ1) is 16.2. The molecule has 0 radical (unpaired) electrons. The summed E-state index contributed by atoms with van der Waals surface area (Å²) in [5.41, 5.74) is 0.315. The van der Waals surface area contributed by atoms with Crippen LogP contribution in [0.25, 0.3) is 0 Å². The largest absolute Gasteiger partial charge is 0.460 e. The standard InChI is InChI=1S/C14H22N2O4.H2/c1-11(2)13(18)20-10-8-15-14(19)16-9-6-4-3-5-7-12(16)17;/h1,3-10H2,2H3,(H,15,19);1H. The van der Waals surface area contributed by atoms with Gasteiger partial charge < -0.3 is 10.1 Å². The summed E-state index contributed by atoms with van der Waals surface area (Å²) in [4.78, 5) is 36.1. The van der Waals surface area contributed by atoms with Crippen LogP contribution in [-0.2, 0) is 14.3 Å². The first-order valence-corrected chi connectivity index (χ1v) is 6.93. The quantitative estimate of drug-likeness (QED) is 0.485. The van der Waals surface area contributed by atoms with Gasteiger partial charge in [0.25, 0.3) is 0 Å². The van der Waals surface area contributed by atoms with Gasteiger partial charge in [0, 0.05) is 20.0 Å². The molecule has 0 aliphatic carbocycles. The minimum absolute atomic E-state index is 0. The van der Waals surface area contributed by atoms with Crippen LogP contribution in [0.2, 0.25) is 0 Å². The second kappa shape index (κ2) is 8.35. The summed E-state index contributed by atoms with van der Waals surface area (Å²) in [7, 11) is 0. The summed E-state index contributed by atoms with van der Waals surface area (Å²) in [6, 6.07) is -0.414. The SMILES string of the molecule is C=C(C)C(=O)OCCNC(=O)N1CCCCCCC1=O.[HH]. The van der Waals surface area contributed by atoms with Gasteiger partial charge in [0.15, 0.2) is 0 Å². The van der Waals surface area contributed by atoms with E-state index in [4.69, 9.17) is 4.74 Å². The number of hydrogen-bond acceptors (Lipinski definition) is 4. The van der Waals surface area contributed by atoms with E-state index in [1.165, 1.54) is 4.90 Å². The van der Waals surface area contributed by atoms with Crippen LogP contribution in [0.5, 0.6) is 0 Å². The third kappa shape index (κ3) is 5.42. The molecule has 3 amide bonds. The van der Waals surface area contributed by atoms with Crippen molar-refractivity contribution in [1.29, 1.82) is 0 Å². The van der Waals surface area contributed by atoms with Gasteiger partial charge in [-0.25, -0.2) is 9.59 Å². The van der Waals surface area contributed by atoms with E-state index in [-0.39, 0.29) is 20.5 Å². The Morgan fingerprint density at radius 2 is 2.05 bits per heavy atom. The van der Waals surface area contributed by atoms with Crippen molar-refractivity contribution in [2.45, 2.75) is 39.0 Å². The van der Waals surface area contributed by atoms with Crippen molar-refractivity contribution in [3.05, 3.63) is 12.2 Å². The number of urea groups is 1. The Morgan fingerprint density at radius 1 is 1.35 bits per heavy atom. The highest BCUT2D eigenvalue weighted by Crippen LogP contribution is 2.11. The molecule has 0 spiro atoms. The normalized spacial score (nSPS) is 16.1. The third-order valence-electron chi connectivity index (χ3n) is 3.03. The Morgan fingerprint density at radius 3 is 2.75 bits per heavy atom. The molecule has 1 rings (SSSR count). The zero-order chi connectivity index (χ0) is 15.0. The lowest BCUT2D eigenvalue weighted by Gasteiger charge is -2.23. The molecule has 0 unspecified atom stereocenters. The lowest BCUT2D eigenvalue weighted by molar-refractivity contribution is -0.138. The van der Waals surface area contributed by atoms with Gasteiger partial charge in [-0.05, 0) is 19.8 Å². The summed E-state index contributed by atoms with van der Waals surface area (Å²) in [6.45, 7) is 5.72. The summed E-state index contributed by atoms with van der Waals surface area (Å²) in [5.74, 6) is -0.622. The Labute approximate surface area is 120 Å². The Hall–Kier alpha value is -1.85. The van der Waals surface area contributed by atoms with E-state index in [2.05, 4.69) is 11.9 Å². The number of rotatable bonds is 4. The Bertz CT molecular complexity index is 398. The fraction of sp³-hybridized carbons (Fsp3) is 0.643. The number of ether oxygens (including phenoxy) is 1. The summed E-state index contributed by atoms with van der Waals surface area (Å²) in [6.07, 6.45) is 4.16. The lowest BCUT2D eigenvalue weighted by atomic mass is 10.1. The van der Waals surface area contributed by atoms with Gasteiger partial charge in [-0.3, -0.25) is 9.69 Å². The van der Waals surface area contributed by atoms with E-state index in [1.807, 2.05) is 0 Å². The van der Waals surface area contributed by atoms with Crippen LogP contribution in [0, 0.1) is 0 Å². The van der Waals surface area contributed by atoms with Gasteiger partial charge in [0.1, 0.15) is 6.61 Å². The molecular weight excluding hydrogens is 260 g/mol. The van der Waals surface area contributed by atoms with Crippen molar-refractivity contribution in [3.63, 3.8) is 0 Å². The average molecular weight is 284 g/mol. The molecule has 20 heavy (non-hydrogen) atoms. The van der Waals surface area contributed by atoms with Crippen molar-refractivity contribution in [2.75, 3.05) is 19.7 Å². The first-order chi connectivity index (χ1) is 9.52. The van der Waals surface area contributed by atoms with Crippen LogP contribution < -0.4 is 5.32 Å². The van der Waals surface area contributed by atoms with Crippen LogP contribution in [-0.4, -0.2) is 42.5 Å². The second-order valence-corrected chi connectivity index (χ2v) is 4.86. The van der Waals surface area contributed by atoms with Gasteiger partial charge in [0.2, 0.25) is 5.91 Å². The number of imide groups is 1. The van der Waals surface area contributed by atoms with Crippen molar-refractivity contribution in [1.82, 2.24) is 10.2 Å². The molecular formula is C14H24N2O4. The highest BCUT2D eigenvalue weighted by molar-refractivity contribution is 5.94. The molecule has 1 saturated heterocycles. The Balaban J connectivity index is 0.00000400. The van der Waals surface area contributed by atoms with Crippen molar-refractivity contribution in [2.24, 2.45) is 0 Å². The maximum atomic E-state index is 11.9. The first-order valence-electron chi connectivity index (χ1n) is 6.93. The van der Waals surface area contributed by atoms with E-state index in [1.54, 1.807) is 6.92 Å². The molecule has 1 N–H and O–H groups in total. The highest BCUT2D eigenvalue weighted by atomic mass is 16.5. The molecule has 1 heterocycles. The van der Waals surface area contributed by atoms with E-state index in [9.17, 15) is 14.4 Å². The van der Waals surface area contributed by atoms with Crippen molar-refractivity contribution >= 4 is 17.9 Å². The second-order valence-electron chi connectivity index (χ2n) is 4.86. The number of nitrogens with one attached hydrogen (secondary N) is 1. The molecule has 6 nitrogen and oxygen atoms in total. The minimum Gasteiger partial charge on any atom is -0.460 e. The fourth-order valence-electron chi connectivity index (χ4n) is 1.89. The topological polar surface area (TPSA) is 75.7 Å². The molecule has 6 heteroatoms. The number of esters is 1. The predicted octanol–water partition coefficient (Wildman–Crippen LogP) is 1.85. The molecule has 1 aliphatic rings. The maximum Gasteiger partial charge on any atom is 0.333 e. The zero-order valence-corrected chi connectivity index (χ0v) is 11.9. The highest BCUT2D eigenvalue weighted by Gasteiger charge is 2.21. The van der Waals surface area contributed by atoms with Gasteiger partial charge in [-0.15, -0.1) is 0 Å². The third-order valence-corrected chi connectivity index (χ3v) is 3.03. The number of amides is 3. The van der Waals surface area contributed by atoms with Gasteiger partial charge in [-0.2, -0.15) is 0 Å². The lowest BCUT2D eigenvalue weighted by Crippen LogP contribution is -2.45. The molecule has 1 fully saturated rings. The summed E-state index contributed by atoms with van der Waals surface area (Å²) in [5, 5.41) is 2.58. The fourth-order valence-corrected chi connectivity index (χ4v) is 1.89. The van der Waals surface area contributed by atoms with Crippen molar-refractivity contribution in [3.8, 4) is 0 Å². The molecule has 0 atom stereocenters. The molecule has 0 aromatic heterocycles. The maximum absolute atomic E-state index is 11.9. The Kier molecular flexibility index (Phi) is 6.76.